The van der Waals surface area contributed by atoms with Crippen LogP contribution in [0.3, 0.4) is 0 Å². The van der Waals surface area contributed by atoms with E-state index in [2.05, 4.69) is 20.4 Å². The Labute approximate surface area is 163 Å². The van der Waals surface area contributed by atoms with E-state index >= 15 is 0 Å². The maximum Gasteiger partial charge on any atom is 0.421 e. The van der Waals surface area contributed by atoms with Crippen molar-refractivity contribution in [3.8, 4) is 11.8 Å². The van der Waals surface area contributed by atoms with Crippen LogP contribution < -0.4 is 14.8 Å². The van der Waals surface area contributed by atoms with Crippen LogP contribution in [-0.4, -0.2) is 27.8 Å². The van der Waals surface area contributed by atoms with E-state index in [1.165, 1.54) is 0 Å². The third-order valence-corrected chi connectivity index (χ3v) is 4.68. The van der Waals surface area contributed by atoms with Crippen molar-refractivity contribution in [2.24, 2.45) is 11.8 Å². The molecule has 1 unspecified atom stereocenters. The summed E-state index contributed by atoms with van der Waals surface area (Å²) in [7, 11) is 0. The van der Waals surface area contributed by atoms with Gasteiger partial charge in [-0.25, -0.2) is 4.79 Å². The molecule has 1 N–H and O–H groups in total. The van der Waals surface area contributed by atoms with Crippen LogP contribution in [0.5, 0.6) is 11.8 Å². The molecule has 0 radical (unpaired) electrons. The van der Waals surface area contributed by atoms with Gasteiger partial charge in [-0.05, 0) is 43.6 Å². The van der Waals surface area contributed by atoms with E-state index in [9.17, 15) is 18.0 Å². The number of halogens is 3. The van der Waals surface area contributed by atoms with Crippen LogP contribution in [0, 0.1) is 18.8 Å². The molecule has 2 fully saturated rings. The van der Waals surface area contributed by atoms with E-state index in [4.69, 9.17) is 14.0 Å². The van der Waals surface area contributed by atoms with Gasteiger partial charge in [0.2, 0.25) is 17.7 Å². The zero-order chi connectivity index (χ0) is 20.6. The minimum absolute atomic E-state index is 0.145. The summed E-state index contributed by atoms with van der Waals surface area (Å²) >= 11 is 0. The molecule has 0 saturated heterocycles. The quantitative estimate of drug-likeness (QED) is 0.738. The minimum atomic E-state index is -4.62. The molecule has 2 aliphatic rings. The highest BCUT2D eigenvalue weighted by atomic mass is 19.4. The third kappa shape index (κ3) is 4.96. The van der Waals surface area contributed by atoms with Crippen molar-refractivity contribution >= 4 is 6.09 Å². The molecule has 29 heavy (non-hydrogen) atoms. The summed E-state index contributed by atoms with van der Waals surface area (Å²) in [6, 6.07) is 1.27. The fourth-order valence-corrected chi connectivity index (χ4v) is 2.80. The number of alkyl halides is 3. The normalized spacial score (nSPS) is 17.7. The fraction of sp³-hybridized carbons (Fsp3) is 0.556. The first-order chi connectivity index (χ1) is 13.8. The number of aromatic nitrogens is 3. The molecule has 0 aliphatic heterocycles. The van der Waals surface area contributed by atoms with Gasteiger partial charge >= 0.3 is 12.3 Å². The number of nitrogens with zero attached hydrogens (tertiary/aromatic N) is 3. The molecule has 2 aromatic rings. The predicted molar refractivity (Wildman–Crippen MR) is 91.1 cm³/mol. The number of carbonyl (C=O) groups is 1. The van der Waals surface area contributed by atoms with Crippen molar-refractivity contribution in [3.63, 3.8) is 0 Å². The van der Waals surface area contributed by atoms with Gasteiger partial charge in [-0.15, -0.1) is 0 Å². The van der Waals surface area contributed by atoms with Crippen molar-refractivity contribution in [3.05, 3.63) is 29.4 Å². The first-order valence-electron chi connectivity index (χ1n) is 9.29. The minimum Gasteiger partial charge on any atom is -0.477 e. The van der Waals surface area contributed by atoms with Crippen LogP contribution >= 0.6 is 0 Å². The number of carbonyl (C=O) groups excluding carboxylic acids is 1. The van der Waals surface area contributed by atoms with Crippen molar-refractivity contribution in [1.29, 1.82) is 0 Å². The van der Waals surface area contributed by atoms with Crippen LogP contribution in [-0.2, 0) is 6.18 Å². The Morgan fingerprint density at radius 2 is 2.03 bits per heavy atom. The highest BCUT2D eigenvalue weighted by molar-refractivity contribution is 5.70. The summed E-state index contributed by atoms with van der Waals surface area (Å²) in [6.07, 6.45) is -1.90. The van der Waals surface area contributed by atoms with Gasteiger partial charge in [0, 0.05) is 13.0 Å². The molecule has 2 aromatic heterocycles. The standard InChI is InChI=1S/C18H19F3N4O4/c1-9-22-15(25-29-9)14(11-4-5-11)24-17(26)28-13-7-6-12(18(19,20)21)16(23-13)27-8-10-2-3-10/h6-7,10-11,14H,2-5,8H2,1H3,(H,24,26). The Morgan fingerprint density at radius 3 is 2.62 bits per heavy atom. The second kappa shape index (κ2) is 7.53. The second-order valence-corrected chi connectivity index (χ2v) is 7.27. The predicted octanol–water partition coefficient (Wildman–Crippen LogP) is 3.82. The lowest BCUT2D eigenvalue weighted by molar-refractivity contribution is -0.139. The maximum atomic E-state index is 13.2. The Kier molecular flexibility index (Phi) is 5.05. The third-order valence-electron chi connectivity index (χ3n) is 4.68. The Balaban J connectivity index is 1.46. The van der Waals surface area contributed by atoms with Gasteiger partial charge in [-0.2, -0.15) is 23.1 Å². The molecule has 8 nitrogen and oxygen atoms in total. The van der Waals surface area contributed by atoms with E-state index in [0.29, 0.717) is 11.7 Å². The van der Waals surface area contributed by atoms with E-state index in [-0.39, 0.29) is 24.3 Å². The van der Waals surface area contributed by atoms with Gasteiger partial charge in [0.1, 0.15) is 5.56 Å². The molecule has 2 saturated carbocycles. The molecule has 156 valence electrons. The van der Waals surface area contributed by atoms with E-state index in [0.717, 1.165) is 37.8 Å². The fourth-order valence-electron chi connectivity index (χ4n) is 2.80. The molecule has 1 atom stereocenters. The zero-order valence-corrected chi connectivity index (χ0v) is 15.5. The summed E-state index contributed by atoms with van der Waals surface area (Å²) in [6.45, 7) is 1.78. The lowest BCUT2D eigenvalue weighted by atomic mass is 10.2. The maximum absolute atomic E-state index is 13.2. The van der Waals surface area contributed by atoms with Crippen molar-refractivity contribution in [2.75, 3.05) is 6.61 Å². The van der Waals surface area contributed by atoms with Gasteiger partial charge in [-0.3, -0.25) is 0 Å². The molecule has 0 aromatic carbocycles. The molecular weight excluding hydrogens is 393 g/mol. The van der Waals surface area contributed by atoms with Crippen molar-refractivity contribution < 1.29 is 32.0 Å². The number of rotatable bonds is 7. The van der Waals surface area contributed by atoms with Crippen LogP contribution in [0.25, 0.3) is 0 Å². The molecule has 4 rings (SSSR count). The van der Waals surface area contributed by atoms with Gasteiger partial charge < -0.3 is 19.3 Å². The number of hydrogen-bond donors (Lipinski definition) is 1. The Bertz CT molecular complexity index is 893. The topological polar surface area (TPSA) is 99.4 Å². The number of ether oxygens (including phenoxy) is 2. The summed E-state index contributed by atoms with van der Waals surface area (Å²) in [4.78, 5) is 20.2. The van der Waals surface area contributed by atoms with Crippen molar-refractivity contribution in [2.45, 2.75) is 44.8 Å². The lowest BCUT2D eigenvalue weighted by Crippen LogP contribution is -2.33. The molecular formula is C18H19F3N4O4. The molecule has 0 spiro atoms. The largest absolute Gasteiger partial charge is 0.477 e. The number of aryl methyl sites for hydroxylation is 1. The molecule has 2 aliphatic carbocycles. The van der Waals surface area contributed by atoms with Crippen LogP contribution in [0.4, 0.5) is 18.0 Å². The second-order valence-electron chi connectivity index (χ2n) is 7.27. The Hall–Kier alpha value is -2.85. The van der Waals surface area contributed by atoms with E-state index < -0.39 is 29.8 Å². The summed E-state index contributed by atoms with van der Waals surface area (Å²) in [5.41, 5.74) is -1.01. The summed E-state index contributed by atoms with van der Waals surface area (Å²) < 4.78 is 54.8. The van der Waals surface area contributed by atoms with E-state index in [1.807, 2.05) is 0 Å². The molecule has 0 bridgehead atoms. The van der Waals surface area contributed by atoms with Crippen LogP contribution in [0.1, 0.15) is 49.0 Å². The average Bonchev–Trinajstić information content (AvgIpc) is 3.56. The molecule has 2 heterocycles. The first kappa shape index (κ1) is 19.5. The Morgan fingerprint density at radius 1 is 1.28 bits per heavy atom. The van der Waals surface area contributed by atoms with Crippen LogP contribution in [0.15, 0.2) is 16.7 Å². The summed E-state index contributed by atoms with van der Waals surface area (Å²) in [5, 5.41) is 6.45. The molecule has 1 amide bonds. The molecule has 11 heteroatoms. The highest BCUT2D eigenvalue weighted by Crippen LogP contribution is 2.40. The van der Waals surface area contributed by atoms with Crippen LogP contribution in [0.2, 0.25) is 0 Å². The average molecular weight is 412 g/mol. The number of amides is 1. The van der Waals surface area contributed by atoms with Gasteiger partial charge in [-0.1, -0.05) is 5.16 Å². The summed E-state index contributed by atoms with van der Waals surface area (Å²) in [5.74, 6) is 0.196. The highest BCUT2D eigenvalue weighted by Gasteiger charge is 2.38. The SMILES string of the molecule is Cc1nc(C(NC(=O)Oc2ccc(C(F)(F)F)c(OCC3CC3)n2)C2CC2)no1. The number of pyridine rings is 1. The monoisotopic (exact) mass is 412 g/mol. The van der Waals surface area contributed by atoms with E-state index in [1.54, 1.807) is 6.92 Å². The number of hydrogen-bond acceptors (Lipinski definition) is 7. The number of nitrogens with one attached hydrogen (secondary N) is 1. The van der Waals surface area contributed by atoms with Crippen molar-refractivity contribution in [1.82, 2.24) is 20.4 Å². The van der Waals surface area contributed by atoms with Gasteiger partial charge in [0.05, 0.1) is 12.6 Å². The smallest absolute Gasteiger partial charge is 0.421 e. The lowest BCUT2D eigenvalue weighted by Gasteiger charge is -2.16. The van der Waals surface area contributed by atoms with Gasteiger partial charge in [0.25, 0.3) is 0 Å². The zero-order valence-electron chi connectivity index (χ0n) is 15.5. The van der Waals surface area contributed by atoms with Gasteiger partial charge in [0.15, 0.2) is 5.82 Å². The first-order valence-corrected chi connectivity index (χ1v) is 9.29.